The topological polar surface area (TPSA) is 68.8 Å². The molecule has 0 aliphatic carbocycles. The first-order chi connectivity index (χ1) is 13.9. The minimum atomic E-state index is -1.21. The van der Waals surface area contributed by atoms with Crippen LogP contribution in [0.1, 0.15) is 17.9 Å². The Morgan fingerprint density at radius 2 is 2.00 bits per heavy atom. The van der Waals surface area contributed by atoms with E-state index in [0.29, 0.717) is 19.0 Å². The van der Waals surface area contributed by atoms with E-state index in [0.717, 1.165) is 35.0 Å². The number of rotatable bonds is 9. The molecule has 29 heavy (non-hydrogen) atoms. The monoisotopic (exact) mass is 414 g/mol. The van der Waals surface area contributed by atoms with E-state index in [2.05, 4.69) is 29.8 Å². The third-order valence-corrected chi connectivity index (χ3v) is 6.49. The number of hydrogen-bond donors (Lipinski definition) is 0. The SMILES string of the molecule is C[Si](C)(C)CCOCn1c(CN=O)nc(C2=CC=NCC2)c1-c1ccc(F)cc1. The van der Waals surface area contributed by atoms with Gasteiger partial charge >= 0.3 is 0 Å². The lowest BCUT2D eigenvalue weighted by molar-refractivity contribution is 0.0862. The van der Waals surface area contributed by atoms with Crippen LogP contribution in [0.2, 0.25) is 25.7 Å². The standard InChI is InChI=1S/C21H27FN4O2Si/c1-29(2,3)13-12-28-15-26-19(14-24-27)25-20(16-8-10-23-11-9-16)21(26)17-4-6-18(22)7-5-17/h4-8,10H,9,11-15H2,1-3H3. The number of nitrogens with zero attached hydrogens (tertiary/aromatic N) is 4. The number of dihydropyridines is 1. The average molecular weight is 415 g/mol. The summed E-state index contributed by atoms with van der Waals surface area (Å²) in [6, 6.07) is 7.35. The van der Waals surface area contributed by atoms with Gasteiger partial charge in [0.1, 0.15) is 24.9 Å². The highest BCUT2D eigenvalue weighted by molar-refractivity contribution is 6.76. The van der Waals surface area contributed by atoms with Crippen molar-refractivity contribution in [3.05, 3.63) is 52.6 Å². The molecule has 0 saturated carbocycles. The van der Waals surface area contributed by atoms with Gasteiger partial charge in [-0.15, -0.1) is 0 Å². The van der Waals surface area contributed by atoms with E-state index < -0.39 is 8.07 Å². The molecule has 154 valence electrons. The first-order valence-electron chi connectivity index (χ1n) is 9.80. The lowest BCUT2D eigenvalue weighted by Crippen LogP contribution is -2.22. The van der Waals surface area contributed by atoms with Gasteiger partial charge in [-0.2, -0.15) is 4.91 Å². The van der Waals surface area contributed by atoms with Gasteiger partial charge in [0.2, 0.25) is 0 Å². The van der Waals surface area contributed by atoms with Crippen LogP contribution in [0, 0.1) is 10.7 Å². The van der Waals surface area contributed by atoms with E-state index in [1.165, 1.54) is 12.1 Å². The molecular formula is C21H27FN4O2Si. The molecule has 2 aromatic rings. The summed E-state index contributed by atoms with van der Waals surface area (Å²) in [5, 5.41) is 3.05. The van der Waals surface area contributed by atoms with Crippen molar-refractivity contribution in [2.45, 2.75) is 45.4 Å². The normalized spacial score (nSPS) is 14.1. The fourth-order valence-corrected chi connectivity index (χ4v) is 3.91. The molecular weight excluding hydrogens is 387 g/mol. The molecule has 0 radical (unpaired) electrons. The molecule has 1 aromatic heterocycles. The molecule has 0 unspecified atom stereocenters. The van der Waals surface area contributed by atoms with Gasteiger partial charge in [0.25, 0.3) is 0 Å². The van der Waals surface area contributed by atoms with Crippen LogP contribution in [0.15, 0.2) is 40.5 Å². The van der Waals surface area contributed by atoms with E-state index in [1.807, 2.05) is 10.6 Å². The number of nitroso groups, excluding NO2 is 1. The molecule has 2 heterocycles. The van der Waals surface area contributed by atoms with Gasteiger partial charge in [-0.05, 0) is 48.4 Å². The smallest absolute Gasteiger partial charge is 0.139 e. The van der Waals surface area contributed by atoms with Gasteiger partial charge in [0, 0.05) is 33.0 Å². The molecule has 3 rings (SSSR count). The highest BCUT2D eigenvalue weighted by Gasteiger charge is 2.22. The maximum Gasteiger partial charge on any atom is 0.139 e. The molecule has 6 nitrogen and oxygen atoms in total. The lowest BCUT2D eigenvalue weighted by Gasteiger charge is -2.17. The van der Waals surface area contributed by atoms with Crippen molar-refractivity contribution in [2.75, 3.05) is 13.2 Å². The van der Waals surface area contributed by atoms with E-state index in [-0.39, 0.29) is 19.1 Å². The van der Waals surface area contributed by atoms with Crippen LogP contribution < -0.4 is 0 Å². The number of imidazole rings is 1. The summed E-state index contributed by atoms with van der Waals surface area (Å²) in [5.41, 5.74) is 3.45. The van der Waals surface area contributed by atoms with Crippen molar-refractivity contribution in [1.29, 1.82) is 0 Å². The molecule has 1 aromatic carbocycles. The maximum absolute atomic E-state index is 13.5. The third-order valence-electron chi connectivity index (χ3n) is 4.78. The minimum Gasteiger partial charge on any atom is -0.361 e. The summed E-state index contributed by atoms with van der Waals surface area (Å²) in [4.78, 5) is 20.0. The molecule has 0 fully saturated rings. The Bertz CT molecular complexity index is 914. The van der Waals surface area contributed by atoms with Crippen LogP contribution in [-0.2, 0) is 18.0 Å². The van der Waals surface area contributed by atoms with E-state index in [4.69, 9.17) is 9.72 Å². The fraction of sp³-hybridized carbons (Fsp3) is 0.429. The number of aromatic nitrogens is 2. The first kappa shape index (κ1) is 21.3. The zero-order valence-corrected chi connectivity index (χ0v) is 18.2. The minimum absolute atomic E-state index is 0.0487. The number of halogens is 1. The lowest BCUT2D eigenvalue weighted by atomic mass is 10.0. The number of allylic oxidation sites excluding steroid dienone is 1. The molecule has 0 bridgehead atoms. The molecule has 0 saturated heterocycles. The second kappa shape index (κ2) is 9.36. The second-order valence-corrected chi connectivity index (χ2v) is 13.9. The van der Waals surface area contributed by atoms with Crippen LogP contribution in [0.25, 0.3) is 16.8 Å². The van der Waals surface area contributed by atoms with Gasteiger partial charge in [-0.25, -0.2) is 9.37 Å². The van der Waals surface area contributed by atoms with E-state index in [1.54, 1.807) is 18.3 Å². The molecule has 0 N–H and O–H groups in total. The summed E-state index contributed by atoms with van der Waals surface area (Å²) >= 11 is 0. The van der Waals surface area contributed by atoms with Crippen molar-refractivity contribution in [3.63, 3.8) is 0 Å². The number of benzene rings is 1. The summed E-state index contributed by atoms with van der Waals surface area (Å²) in [6.07, 6.45) is 4.47. The molecule has 0 amide bonds. The summed E-state index contributed by atoms with van der Waals surface area (Å²) in [7, 11) is -1.21. The summed E-state index contributed by atoms with van der Waals surface area (Å²) in [5.74, 6) is 0.247. The van der Waals surface area contributed by atoms with Crippen LogP contribution in [0.5, 0.6) is 0 Å². The molecule has 0 atom stereocenters. The van der Waals surface area contributed by atoms with Crippen molar-refractivity contribution in [1.82, 2.24) is 9.55 Å². The van der Waals surface area contributed by atoms with Crippen LogP contribution in [-0.4, -0.2) is 37.0 Å². The predicted octanol–water partition coefficient (Wildman–Crippen LogP) is 5.13. The molecule has 1 aliphatic rings. The Balaban J connectivity index is 2.02. The average Bonchev–Trinajstić information content (AvgIpc) is 3.04. The summed E-state index contributed by atoms with van der Waals surface area (Å²) in [6.45, 7) is 8.46. The van der Waals surface area contributed by atoms with E-state index >= 15 is 0 Å². The predicted molar refractivity (Wildman–Crippen MR) is 117 cm³/mol. The maximum atomic E-state index is 13.5. The highest BCUT2D eigenvalue weighted by Crippen LogP contribution is 2.33. The highest BCUT2D eigenvalue weighted by atomic mass is 28.3. The Morgan fingerprint density at radius 1 is 1.24 bits per heavy atom. The largest absolute Gasteiger partial charge is 0.361 e. The first-order valence-corrected chi connectivity index (χ1v) is 13.5. The van der Waals surface area contributed by atoms with Crippen molar-refractivity contribution < 1.29 is 9.13 Å². The van der Waals surface area contributed by atoms with Crippen molar-refractivity contribution in [2.24, 2.45) is 10.2 Å². The Labute approximate surface area is 171 Å². The zero-order chi connectivity index (χ0) is 20.9. The number of ether oxygens (including phenoxy) is 1. The fourth-order valence-electron chi connectivity index (χ4n) is 3.16. The van der Waals surface area contributed by atoms with Crippen LogP contribution in [0.4, 0.5) is 4.39 Å². The Kier molecular flexibility index (Phi) is 6.86. The number of hydrogen-bond acceptors (Lipinski definition) is 5. The number of aliphatic imine (C=N–C) groups is 1. The zero-order valence-electron chi connectivity index (χ0n) is 17.2. The quantitative estimate of drug-likeness (QED) is 0.325. The van der Waals surface area contributed by atoms with Gasteiger partial charge in [-0.1, -0.05) is 24.8 Å². The van der Waals surface area contributed by atoms with Gasteiger partial charge < -0.3 is 9.30 Å². The van der Waals surface area contributed by atoms with E-state index in [9.17, 15) is 9.30 Å². The summed E-state index contributed by atoms with van der Waals surface area (Å²) < 4.78 is 21.4. The third kappa shape index (κ3) is 5.54. The van der Waals surface area contributed by atoms with Gasteiger partial charge in [0.05, 0.1) is 11.4 Å². The second-order valence-electron chi connectivity index (χ2n) is 8.29. The Morgan fingerprint density at radius 3 is 2.62 bits per heavy atom. The molecule has 0 spiro atoms. The van der Waals surface area contributed by atoms with Crippen LogP contribution >= 0.6 is 0 Å². The van der Waals surface area contributed by atoms with Gasteiger partial charge in [0.15, 0.2) is 0 Å². The Hall–Kier alpha value is -2.45. The van der Waals surface area contributed by atoms with Crippen molar-refractivity contribution in [3.8, 4) is 11.3 Å². The van der Waals surface area contributed by atoms with Crippen LogP contribution in [0.3, 0.4) is 0 Å². The molecule has 1 aliphatic heterocycles. The van der Waals surface area contributed by atoms with Crippen molar-refractivity contribution >= 4 is 19.9 Å². The molecule has 8 heteroatoms. The van der Waals surface area contributed by atoms with Gasteiger partial charge in [-0.3, -0.25) is 4.99 Å².